The minimum atomic E-state index is 0.187. The van der Waals surface area contributed by atoms with Crippen LogP contribution in [0.2, 0.25) is 0 Å². The van der Waals surface area contributed by atoms with Crippen molar-refractivity contribution in [2.24, 2.45) is 4.99 Å². The van der Waals surface area contributed by atoms with Crippen molar-refractivity contribution in [3.8, 4) is 11.3 Å². The van der Waals surface area contributed by atoms with E-state index >= 15 is 0 Å². The summed E-state index contributed by atoms with van der Waals surface area (Å²) >= 11 is 0. The molecule has 0 N–H and O–H groups in total. The van der Waals surface area contributed by atoms with Crippen LogP contribution in [-0.4, -0.2) is 52.1 Å². The number of hydrogen-bond donors (Lipinski definition) is 0. The zero-order chi connectivity index (χ0) is 18.8. The zero-order valence-corrected chi connectivity index (χ0v) is 15.3. The highest BCUT2D eigenvalue weighted by atomic mass is 16.5. The molecule has 8 nitrogen and oxygen atoms in total. The van der Waals surface area contributed by atoms with E-state index in [1.165, 1.54) is 0 Å². The lowest BCUT2D eigenvalue weighted by Crippen LogP contribution is -2.37. The van der Waals surface area contributed by atoms with E-state index in [0.29, 0.717) is 24.8 Å². The molecule has 0 saturated carbocycles. The molecule has 1 aromatic carbocycles. The molecule has 27 heavy (non-hydrogen) atoms. The Balaban J connectivity index is 1.87. The smallest absolute Gasteiger partial charge is 0.240 e. The van der Waals surface area contributed by atoms with E-state index in [0.717, 1.165) is 35.4 Å². The summed E-state index contributed by atoms with van der Waals surface area (Å²) < 4.78 is 7.36. The number of anilines is 1. The van der Waals surface area contributed by atoms with Crippen molar-refractivity contribution in [2.75, 3.05) is 31.2 Å². The molecule has 0 amide bonds. The van der Waals surface area contributed by atoms with Crippen LogP contribution >= 0.6 is 0 Å². The number of benzene rings is 1. The summed E-state index contributed by atoms with van der Waals surface area (Å²) in [5, 5.41) is 5.41. The van der Waals surface area contributed by atoms with Gasteiger partial charge in [-0.3, -0.25) is 0 Å². The van der Waals surface area contributed by atoms with Crippen molar-refractivity contribution < 1.29 is 9.53 Å². The Morgan fingerprint density at radius 3 is 2.56 bits per heavy atom. The van der Waals surface area contributed by atoms with Crippen LogP contribution < -0.4 is 4.90 Å². The standard InChI is InChI=1S/C19H20N6O2/c1-13(2)25-18-16(11-21-25)17(14-3-5-15(6-4-14)20-12-26)22-19(23-18)24-7-9-27-10-8-24/h3-6,11,13H,7-10H2,1-2H3. The van der Waals surface area contributed by atoms with Crippen LogP contribution in [0.4, 0.5) is 11.6 Å². The van der Waals surface area contributed by atoms with Crippen LogP contribution in [0.5, 0.6) is 0 Å². The Bertz CT molecular complexity index is 999. The Morgan fingerprint density at radius 1 is 1.15 bits per heavy atom. The lowest BCUT2D eigenvalue weighted by molar-refractivity contribution is 0.122. The van der Waals surface area contributed by atoms with Gasteiger partial charge < -0.3 is 9.64 Å². The lowest BCUT2D eigenvalue weighted by Gasteiger charge is -2.27. The Hall–Kier alpha value is -3.09. The molecule has 4 rings (SSSR count). The average molecular weight is 364 g/mol. The molecule has 0 atom stereocenters. The largest absolute Gasteiger partial charge is 0.378 e. The predicted octanol–water partition coefficient (Wildman–Crippen LogP) is 2.88. The molecular formula is C19H20N6O2. The first-order valence-corrected chi connectivity index (χ1v) is 8.93. The molecule has 0 spiro atoms. The second-order valence-corrected chi connectivity index (χ2v) is 6.64. The maximum Gasteiger partial charge on any atom is 0.240 e. The first-order chi connectivity index (χ1) is 13.2. The second kappa shape index (κ2) is 7.26. The number of rotatable bonds is 4. The summed E-state index contributed by atoms with van der Waals surface area (Å²) in [7, 11) is 0. The van der Waals surface area contributed by atoms with E-state index in [4.69, 9.17) is 14.7 Å². The first kappa shape index (κ1) is 17.3. The fraction of sp³-hybridized carbons (Fsp3) is 0.368. The Morgan fingerprint density at radius 2 is 1.89 bits per heavy atom. The van der Waals surface area contributed by atoms with E-state index in [1.54, 1.807) is 18.2 Å². The van der Waals surface area contributed by atoms with Gasteiger partial charge in [0.15, 0.2) is 5.65 Å². The molecule has 3 aromatic rings. The van der Waals surface area contributed by atoms with Crippen LogP contribution in [-0.2, 0) is 9.53 Å². The molecule has 138 valence electrons. The van der Waals surface area contributed by atoms with Gasteiger partial charge in [0.2, 0.25) is 12.0 Å². The molecule has 0 bridgehead atoms. The lowest BCUT2D eigenvalue weighted by atomic mass is 10.1. The van der Waals surface area contributed by atoms with Crippen molar-refractivity contribution in [1.82, 2.24) is 19.7 Å². The number of isocyanates is 1. The van der Waals surface area contributed by atoms with Gasteiger partial charge in [-0.15, -0.1) is 0 Å². The third-order valence-corrected chi connectivity index (χ3v) is 4.54. The van der Waals surface area contributed by atoms with Gasteiger partial charge >= 0.3 is 0 Å². The number of ether oxygens (including phenoxy) is 1. The van der Waals surface area contributed by atoms with E-state index < -0.39 is 0 Å². The molecule has 0 radical (unpaired) electrons. The third kappa shape index (κ3) is 3.32. The van der Waals surface area contributed by atoms with Crippen molar-refractivity contribution in [3.63, 3.8) is 0 Å². The molecular weight excluding hydrogens is 344 g/mol. The molecule has 1 aliphatic rings. The normalized spacial score (nSPS) is 14.6. The first-order valence-electron chi connectivity index (χ1n) is 8.93. The van der Waals surface area contributed by atoms with Crippen LogP contribution in [0.1, 0.15) is 19.9 Å². The SMILES string of the molecule is CC(C)n1ncc2c(-c3ccc(N=C=O)cc3)nc(N3CCOCC3)nc21. The highest BCUT2D eigenvalue weighted by molar-refractivity contribution is 5.91. The van der Waals surface area contributed by atoms with Crippen LogP contribution in [0.25, 0.3) is 22.3 Å². The van der Waals surface area contributed by atoms with Gasteiger partial charge in [0.1, 0.15) is 0 Å². The maximum atomic E-state index is 10.5. The van der Waals surface area contributed by atoms with Crippen LogP contribution in [0.3, 0.4) is 0 Å². The Kier molecular flexibility index (Phi) is 4.66. The molecule has 3 heterocycles. The number of nitrogens with zero attached hydrogens (tertiary/aromatic N) is 6. The molecule has 0 unspecified atom stereocenters. The summed E-state index contributed by atoms with van der Waals surface area (Å²) in [6, 6.07) is 7.53. The molecule has 1 saturated heterocycles. The molecule has 2 aromatic heterocycles. The molecule has 1 fully saturated rings. The number of fused-ring (bicyclic) bond motifs is 1. The average Bonchev–Trinajstić information content (AvgIpc) is 3.13. The third-order valence-electron chi connectivity index (χ3n) is 4.54. The number of aromatic nitrogens is 4. The van der Waals surface area contributed by atoms with Gasteiger partial charge in [-0.05, 0) is 26.0 Å². The monoisotopic (exact) mass is 364 g/mol. The van der Waals surface area contributed by atoms with E-state index in [-0.39, 0.29) is 6.04 Å². The van der Waals surface area contributed by atoms with Gasteiger partial charge in [-0.2, -0.15) is 15.1 Å². The van der Waals surface area contributed by atoms with E-state index in [2.05, 4.69) is 28.8 Å². The van der Waals surface area contributed by atoms with Gasteiger partial charge in [0, 0.05) is 24.7 Å². The van der Waals surface area contributed by atoms with Crippen LogP contribution in [0.15, 0.2) is 35.5 Å². The predicted molar refractivity (Wildman–Crippen MR) is 102 cm³/mol. The molecule has 1 aliphatic heterocycles. The van der Waals surface area contributed by atoms with E-state index in [9.17, 15) is 4.79 Å². The quantitative estimate of drug-likeness (QED) is 0.523. The topological polar surface area (TPSA) is 85.5 Å². The van der Waals surface area contributed by atoms with Crippen molar-refractivity contribution in [2.45, 2.75) is 19.9 Å². The number of morpholine rings is 1. The second-order valence-electron chi connectivity index (χ2n) is 6.64. The zero-order valence-electron chi connectivity index (χ0n) is 15.3. The summed E-state index contributed by atoms with van der Waals surface area (Å²) in [6.45, 7) is 7.00. The summed E-state index contributed by atoms with van der Waals surface area (Å²) in [5.74, 6) is 0.679. The molecule has 8 heteroatoms. The minimum Gasteiger partial charge on any atom is -0.378 e. The van der Waals surface area contributed by atoms with E-state index in [1.807, 2.05) is 23.0 Å². The minimum absolute atomic E-state index is 0.187. The fourth-order valence-electron chi connectivity index (χ4n) is 3.16. The van der Waals surface area contributed by atoms with Crippen molar-refractivity contribution in [3.05, 3.63) is 30.5 Å². The highest BCUT2D eigenvalue weighted by Crippen LogP contribution is 2.30. The van der Waals surface area contributed by atoms with Gasteiger partial charge in [0.05, 0.1) is 36.2 Å². The van der Waals surface area contributed by atoms with Crippen LogP contribution in [0, 0.1) is 0 Å². The van der Waals surface area contributed by atoms with Gasteiger partial charge in [-0.25, -0.2) is 14.5 Å². The Labute approximate surface area is 156 Å². The van der Waals surface area contributed by atoms with Gasteiger partial charge in [-0.1, -0.05) is 12.1 Å². The maximum absolute atomic E-state index is 10.5. The summed E-state index contributed by atoms with van der Waals surface area (Å²) in [4.78, 5) is 25.9. The van der Waals surface area contributed by atoms with Crippen molar-refractivity contribution in [1.29, 1.82) is 0 Å². The number of aliphatic imine (C=N–C) groups is 1. The van der Waals surface area contributed by atoms with Gasteiger partial charge in [0.25, 0.3) is 0 Å². The van der Waals surface area contributed by atoms with Crippen molar-refractivity contribution >= 4 is 28.7 Å². The highest BCUT2D eigenvalue weighted by Gasteiger charge is 2.20. The number of carbonyl (C=O) groups excluding carboxylic acids is 1. The fourth-order valence-corrected chi connectivity index (χ4v) is 3.16. The number of hydrogen-bond acceptors (Lipinski definition) is 7. The summed E-state index contributed by atoms with van der Waals surface area (Å²) in [5.41, 5.74) is 3.11. The summed E-state index contributed by atoms with van der Waals surface area (Å²) in [6.07, 6.45) is 3.37. The molecule has 0 aliphatic carbocycles.